The monoisotopic (exact) mass is 333 g/mol. The van der Waals surface area contributed by atoms with Gasteiger partial charge in [0.15, 0.2) is 5.17 Å². The maximum Gasteiger partial charge on any atom is 0.240 e. The molecule has 23 heavy (non-hydrogen) atoms. The van der Waals surface area contributed by atoms with Crippen LogP contribution in [0, 0.1) is 13.8 Å². The first-order chi connectivity index (χ1) is 11.0. The Bertz CT molecular complexity index is 608. The van der Waals surface area contributed by atoms with Gasteiger partial charge in [-0.15, -0.1) is 0 Å². The Balaban J connectivity index is 1.93. The van der Waals surface area contributed by atoms with E-state index >= 15 is 0 Å². The Kier molecular flexibility index (Phi) is 6.21. The van der Waals surface area contributed by atoms with Crippen molar-refractivity contribution < 1.29 is 9.59 Å². The van der Waals surface area contributed by atoms with Crippen molar-refractivity contribution in [1.29, 1.82) is 0 Å². The van der Waals surface area contributed by atoms with Gasteiger partial charge in [0.05, 0.1) is 0 Å². The SMILES string of the molecule is CCCCN=C1NC(=O)[C@@H](CC(=O)Nc2c(C)cccc2C)S1. The normalized spacial score (nSPS) is 19.0. The van der Waals surface area contributed by atoms with Crippen molar-refractivity contribution in [2.45, 2.75) is 45.3 Å². The molecule has 2 rings (SSSR count). The summed E-state index contributed by atoms with van der Waals surface area (Å²) in [6, 6.07) is 5.87. The van der Waals surface area contributed by atoms with Crippen LogP contribution in [0.4, 0.5) is 5.69 Å². The van der Waals surface area contributed by atoms with Crippen LogP contribution in [-0.4, -0.2) is 28.8 Å². The van der Waals surface area contributed by atoms with Gasteiger partial charge in [-0.1, -0.05) is 43.3 Å². The van der Waals surface area contributed by atoms with Crippen LogP contribution >= 0.6 is 11.8 Å². The summed E-state index contributed by atoms with van der Waals surface area (Å²) in [4.78, 5) is 28.5. The second-order valence-electron chi connectivity index (χ2n) is 5.66. The maximum absolute atomic E-state index is 12.2. The lowest BCUT2D eigenvalue weighted by atomic mass is 10.1. The number of aryl methyl sites for hydroxylation is 2. The predicted molar refractivity (Wildman–Crippen MR) is 95.9 cm³/mol. The van der Waals surface area contributed by atoms with E-state index in [-0.39, 0.29) is 18.2 Å². The van der Waals surface area contributed by atoms with Gasteiger partial charge < -0.3 is 10.6 Å². The molecule has 0 radical (unpaired) electrons. The Hall–Kier alpha value is -1.82. The zero-order chi connectivity index (χ0) is 16.8. The van der Waals surface area contributed by atoms with Crippen LogP contribution < -0.4 is 10.6 Å². The molecule has 0 saturated carbocycles. The topological polar surface area (TPSA) is 70.6 Å². The number of rotatable bonds is 6. The van der Waals surface area contributed by atoms with E-state index in [9.17, 15) is 9.59 Å². The maximum atomic E-state index is 12.2. The minimum Gasteiger partial charge on any atom is -0.326 e. The summed E-state index contributed by atoms with van der Waals surface area (Å²) in [5.41, 5.74) is 2.87. The number of aliphatic imine (C=N–C) groups is 1. The number of benzene rings is 1. The van der Waals surface area contributed by atoms with Gasteiger partial charge in [-0.2, -0.15) is 0 Å². The van der Waals surface area contributed by atoms with Gasteiger partial charge in [-0.3, -0.25) is 14.6 Å². The second-order valence-corrected chi connectivity index (χ2v) is 6.85. The lowest BCUT2D eigenvalue weighted by Crippen LogP contribution is -2.28. The fourth-order valence-electron chi connectivity index (χ4n) is 2.32. The number of carbonyl (C=O) groups is 2. The molecule has 6 heteroatoms. The summed E-state index contributed by atoms with van der Waals surface area (Å²) in [6.45, 7) is 6.72. The summed E-state index contributed by atoms with van der Waals surface area (Å²) in [5, 5.41) is 5.90. The fraction of sp³-hybridized carbons (Fsp3) is 0.471. The number of amides is 2. The van der Waals surface area contributed by atoms with Crippen molar-refractivity contribution in [3.8, 4) is 0 Å². The number of nitrogens with zero attached hydrogens (tertiary/aromatic N) is 1. The molecule has 0 aromatic heterocycles. The predicted octanol–water partition coefficient (Wildman–Crippen LogP) is 3.02. The molecule has 1 saturated heterocycles. The van der Waals surface area contributed by atoms with Crippen LogP contribution in [0.2, 0.25) is 0 Å². The van der Waals surface area contributed by atoms with Crippen molar-refractivity contribution in [1.82, 2.24) is 5.32 Å². The highest BCUT2D eigenvalue weighted by Crippen LogP contribution is 2.24. The summed E-state index contributed by atoms with van der Waals surface area (Å²) in [6.07, 6.45) is 2.21. The first-order valence-corrected chi connectivity index (χ1v) is 8.77. The smallest absolute Gasteiger partial charge is 0.240 e. The van der Waals surface area contributed by atoms with Gasteiger partial charge in [0.2, 0.25) is 11.8 Å². The van der Waals surface area contributed by atoms with Crippen LogP contribution in [0.15, 0.2) is 23.2 Å². The number of para-hydroxylation sites is 1. The molecule has 1 aromatic carbocycles. The quantitative estimate of drug-likeness (QED) is 0.786. The third-order valence-electron chi connectivity index (χ3n) is 3.66. The van der Waals surface area contributed by atoms with Crippen molar-refractivity contribution in [2.24, 2.45) is 4.99 Å². The van der Waals surface area contributed by atoms with Gasteiger partial charge in [0.1, 0.15) is 5.25 Å². The molecule has 2 amide bonds. The van der Waals surface area contributed by atoms with E-state index in [0.29, 0.717) is 11.7 Å². The van der Waals surface area contributed by atoms with Crippen molar-refractivity contribution in [2.75, 3.05) is 11.9 Å². The number of thioether (sulfide) groups is 1. The van der Waals surface area contributed by atoms with Gasteiger partial charge in [-0.05, 0) is 31.4 Å². The second kappa shape index (κ2) is 8.15. The molecule has 124 valence electrons. The molecule has 0 unspecified atom stereocenters. The Labute approximate surface area is 141 Å². The van der Waals surface area contributed by atoms with E-state index < -0.39 is 5.25 Å². The minimum absolute atomic E-state index is 0.137. The molecule has 5 nitrogen and oxygen atoms in total. The highest BCUT2D eigenvalue weighted by Gasteiger charge is 2.32. The zero-order valence-electron chi connectivity index (χ0n) is 13.8. The molecule has 1 aromatic rings. The van der Waals surface area contributed by atoms with Crippen LogP contribution in [0.5, 0.6) is 0 Å². The van der Waals surface area contributed by atoms with Crippen LogP contribution in [0.25, 0.3) is 0 Å². The van der Waals surface area contributed by atoms with E-state index in [2.05, 4.69) is 22.5 Å². The standard InChI is InChI=1S/C17H23N3O2S/c1-4-5-9-18-17-20-16(22)13(23-17)10-14(21)19-15-11(2)7-6-8-12(15)3/h6-8,13H,4-5,9-10H2,1-3H3,(H,19,21)(H,18,20,22)/t13-/m1/s1. The summed E-state index contributed by atoms with van der Waals surface area (Å²) >= 11 is 1.35. The average molecular weight is 333 g/mol. The number of carbonyl (C=O) groups excluding carboxylic acids is 2. The van der Waals surface area contributed by atoms with Crippen LogP contribution in [0.3, 0.4) is 0 Å². The van der Waals surface area contributed by atoms with Crippen molar-refractivity contribution in [3.05, 3.63) is 29.3 Å². The molecule has 1 atom stereocenters. The summed E-state index contributed by atoms with van der Waals surface area (Å²) < 4.78 is 0. The molecule has 1 aliphatic rings. The molecule has 0 spiro atoms. The molecule has 1 heterocycles. The van der Waals surface area contributed by atoms with E-state index in [1.165, 1.54) is 11.8 Å². The van der Waals surface area contributed by atoms with E-state index in [1.807, 2.05) is 32.0 Å². The number of anilines is 1. The molecule has 0 bridgehead atoms. The highest BCUT2D eigenvalue weighted by molar-refractivity contribution is 8.15. The van der Waals surface area contributed by atoms with Crippen molar-refractivity contribution in [3.63, 3.8) is 0 Å². The third-order valence-corrected chi connectivity index (χ3v) is 4.78. The largest absolute Gasteiger partial charge is 0.326 e. The minimum atomic E-state index is -0.403. The summed E-state index contributed by atoms with van der Waals surface area (Å²) in [7, 11) is 0. The number of unbranched alkanes of at least 4 members (excludes halogenated alkanes) is 1. The lowest BCUT2D eigenvalue weighted by molar-refractivity contribution is -0.122. The molecule has 1 aliphatic heterocycles. The molecule has 1 fully saturated rings. The molecular formula is C17H23N3O2S. The number of amidine groups is 1. The lowest BCUT2D eigenvalue weighted by Gasteiger charge is -2.12. The molecule has 0 aliphatic carbocycles. The molecule has 2 N–H and O–H groups in total. The fourth-order valence-corrected chi connectivity index (χ4v) is 3.32. The highest BCUT2D eigenvalue weighted by atomic mass is 32.2. The number of hydrogen-bond donors (Lipinski definition) is 2. The molecular weight excluding hydrogens is 310 g/mol. The Morgan fingerprint density at radius 2 is 2.04 bits per heavy atom. The van der Waals surface area contributed by atoms with E-state index in [4.69, 9.17) is 0 Å². The zero-order valence-corrected chi connectivity index (χ0v) is 14.6. The third kappa shape index (κ3) is 4.82. The van der Waals surface area contributed by atoms with Crippen molar-refractivity contribution >= 4 is 34.4 Å². The van der Waals surface area contributed by atoms with Gasteiger partial charge in [0, 0.05) is 18.7 Å². The Morgan fingerprint density at radius 1 is 1.35 bits per heavy atom. The van der Waals surface area contributed by atoms with Gasteiger partial charge >= 0.3 is 0 Å². The average Bonchev–Trinajstić information content (AvgIpc) is 2.83. The summed E-state index contributed by atoms with van der Waals surface area (Å²) in [5.74, 6) is -0.285. The van der Waals surface area contributed by atoms with Gasteiger partial charge in [-0.25, -0.2) is 0 Å². The van der Waals surface area contributed by atoms with Gasteiger partial charge in [0.25, 0.3) is 0 Å². The first-order valence-electron chi connectivity index (χ1n) is 7.89. The number of nitrogens with one attached hydrogen (secondary N) is 2. The van der Waals surface area contributed by atoms with E-state index in [0.717, 1.165) is 29.7 Å². The number of hydrogen-bond acceptors (Lipinski definition) is 4. The van der Waals surface area contributed by atoms with E-state index in [1.54, 1.807) is 0 Å². The van der Waals surface area contributed by atoms with Crippen LogP contribution in [-0.2, 0) is 9.59 Å². The Morgan fingerprint density at radius 3 is 2.70 bits per heavy atom. The van der Waals surface area contributed by atoms with Crippen LogP contribution in [0.1, 0.15) is 37.3 Å². The first kappa shape index (κ1) is 17.5.